The number of amides is 1. The summed E-state index contributed by atoms with van der Waals surface area (Å²) in [5.74, 6) is -0.0942. The van der Waals surface area contributed by atoms with Crippen LogP contribution >= 0.6 is 0 Å². The Morgan fingerprint density at radius 2 is 1.80 bits per heavy atom. The van der Waals surface area contributed by atoms with E-state index in [1.165, 1.54) is 23.3 Å². The summed E-state index contributed by atoms with van der Waals surface area (Å²) in [7, 11) is -1.86. The minimum absolute atomic E-state index is 0.129. The Hall–Kier alpha value is -1.41. The summed E-state index contributed by atoms with van der Waals surface area (Å²) in [6.45, 7) is 4.13. The highest BCUT2D eigenvalue weighted by atomic mass is 32.2. The molecule has 0 spiro atoms. The second-order valence-corrected chi connectivity index (χ2v) is 9.07. The number of carbonyl (C=O) groups excluding carboxylic acids is 1. The van der Waals surface area contributed by atoms with E-state index in [0.29, 0.717) is 12.2 Å². The molecule has 0 saturated carbocycles. The molecule has 0 unspecified atom stereocenters. The van der Waals surface area contributed by atoms with Crippen molar-refractivity contribution in [3.05, 3.63) is 11.9 Å². The molecular weight excluding hydrogens is 340 g/mol. The van der Waals surface area contributed by atoms with E-state index in [1.54, 1.807) is 18.7 Å². The fourth-order valence-corrected chi connectivity index (χ4v) is 5.49. The molecule has 0 N–H and O–H groups in total. The van der Waals surface area contributed by atoms with Gasteiger partial charge in [0, 0.05) is 33.2 Å². The van der Waals surface area contributed by atoms with Gasteiger partial charge in [-0.3, -0.25) is 9.48 Å². The topological polar surface area (TPSA) is 75.5 Å². The fourth-order valence-electron chi connectivity index (χ4n) is 3.78. The monoisotopic (exact) mass is 368 g/mol. The summed E-state index contributed by atoms with van der Waals surface area (Å²) in [6.07, 6.45) is 7.36. The first-order chi connectivity index (χ1) is 11.9. The third kappa shape index (κ3) is 3.74. The van der Waals surface area contributed by atoms with Crippen molar-refractivity contribution in [3.8, 4) is 0 Å². The molecule has 3 heterocycles. The Kier molecular flexibility index (Phi) is 5.48. The molecular formula is C17H28N4O3S. The molecule has 2 fully saturated rings. The van der Waals surface area contributed by atoms with Gasteiger partial charge in [0.15, 0.2) is 0 Å². The Balaban J connectivity index is 1.74. The van der Waals surface area contributed by atoms with Gasteiger partial charge in [0.25, 0.3) is 0 Å². The maximum atomic E-state index is 13.0. The molecule has 1 atom stereocenters. The molecule has 0 radical (unpaired) electrons. The van der Waals surface area contributed by atoms with Gasteiger partial charge in [-0.2, -0.15) is 9.40 Å². The van der Waals surface area contributed by atoms with Crippen molar-refractivity contribution >= 4 is 15.9 Å². The molecule has 0 aliphatic carbocycles. The summed E-state index contributed by atoms with van der Waals surface area (Å²) in [5, 5.41) is 4.05. The quantitative estimate of drug-likeness (QED) is 0.811. The van der Waals surface area contributed by atoms with Crippen LogP contribution in [0.5, 0.6) is 0 Å². The molecule has 1 aromatic rings. The maximum absolute atomic E-state index is 13.0. The number of aryl methyl sites for hydroxylation is 1. The first kappa shape index (κ1) is 18.4. The summed E-state index contributed by atoms with van der Waals surface area (Å²) < 4.78 is 29.0. The molecule has 3 rings (SSSR count). The highest BCUT2D eigenvalue weighted by Crippen LogP contribution is 2.27. The van der Waals surface area contributed by atoms with Gasteiger partial charge in [-0.05, 0) is 32.6 Å². The highest BCUT2D eigenvalue weighted by molar-refractivity contribution is 7.89. The third-order valence-electron chi connectivity index (χ3n) is 5.46. The molecule has 1 aromatic heterocycles. The van der Waals surface area contributed by atoms with Crippen molar-refractivity contribution in [2.24, 2.45) is 13.0 Å². The molecule has 7 nitrogen and oxygen atoms in total. The zero-order valence-corrected chi connectivity index (χ0v) is 16.0. The fraction of sp³-hybridized carbons (Fsp3) is 0.765. The summed E-state index contributed by atoms with van der Waals surface area (Å²) in [6, 6.07) is 0. The lowest BCUT2D eigenvalue weighted by atomic mass is 9.98. The lowest BCUT2D eigenvalue weighted by Crippen LogP contribution is -2.47. The second-order valence-electron chi connectivity index (χ2n) is 7.16. The zero-order valence-electron chi connectivity index (χ0n) is 15.1. The maximum Gasteiger partial charge on any atom is 0.246 e. The van der Waals surface area contributed by atoms with Crippen molar-refractivity contribution in [2.45, 2.75) is 50.3 Å². The van der Waals surface area contributed by atoms with Crippen LogP contribution in [0.3, 0.4) is 0 Å². The molecule has 1 amide bonds. The number of likely N-dealkylation sites (tertiary alicyclic amines) is 1. The van der Waals surface area contributed by atoms with Crippen molar-refractivity contribution in [1.29, 1.82) is 0 Å². The van der Waals surface area contributed by atoms with Gasteiger partial charge in [0.2, 0.25) is 15.9 Å². The summed E-state index contributed by atoms with van der Waals surface area (Å²) in [4.78, 5) is 15.1. The van der Waals surface area contributed by atoms with E-state index < -0.39 is 10.0 Å². The van der Waals surface area contributed by atoms with Crippen LogP contribution in [-0.2, 0) is 21.9 Å². The Morgan fingerprint density at radius 3 is 2.40 bits per heavy atom. The van der Waals surface area contributed by atoms with Gasteiger partial charge in [0.1, 0.15) is 4.90 Å². The predicted molar refractivity (Wildman–Crippen MR) is 94.5 cm³/mol. The number of nitrogens with zero attached hydrogens (tertiary/aromatic N) is 4. The van der Waals surface area contributed by atoms with E-state index in [2.05, 4.69) is 5.10 Å². The molecule has 25 heavy (non-hydrogen) atoms. The van der Waals surface area contributed by atoms with E-state index >= 15 is 0 Å². The Bertz CT molecular complexity index is 720. The SMILES string of the molecule is Cc1c(S(=O)(=O)N2CCC[C@@H](C(=O)N3CCCCCC3)C2)cnn1C. The molecule has 2 saturated heterocycles. The van der Waals surface area contributed by atoms with Crippen LogP contribution in [0.25, 0.3) is 0 Å². The van der Waals surface area contributed by atoms with E-state index in [9.17, 15) is 13.2 Å². The molecule has 8 heteroatoms. The van der Waals surface area contributed by atoms with Crippen molar-refractivity contribution in [2.75, 3.05) is 26.2 Å². The number of piperidine rings is 1. The first-order valence-electron chi connectivity index (χ1n) is 9.19. The largest absolute Gasteiger partial charge is 0.342 e. The van der Waals surface area contributed by atoms with Gasteiger partial charge < -0.3 is 4.90 Å². The average molecular weight is 369 g/mol. The van der Waals surface area contributed by atoms with Crippen LogP contribution in [0, 0.1) is 12.8 Å². The van der Waals surface area contributed by atoms with Crippen molar-refractivity contribution < 1.29 is 13.2 Å². The number of rotatable bonds is 3. The van der Waals surface area contributed by atoms with Crippen LogP contribution in [0.2, 0.25) is 0 Å². The normalized spacial score (nSPS) is 23.4. The minimum Gasteiger partial charge on any atom is -0.342 e. The molecule has 140 valence electrons. The van der Waals surface area contributed by atoms with Crippen molar-refractivity contribution in [1.82, 2.24) is 19.0 Å². The van der Waals surface area contributed by atoms with E-state index in [-0.39, 0.29) is 23.3 Å². The molecule has 2 aliphatic rings. The van der Waals surface area contributed by atoms with Gasteiger partial charge >= 0.3 is 0 Å². The van der Waals surface area contributed by atoms with Crippen LogP contribution < -0.4 is 0 Å². The highest BCUT2D eigenvalue weighted by Gasteiger charge is 2.36. The van der Waals surface area contributed by atoms with Gasteiger partial charge in [-0.15, -0.1) is 0 Å². The standard InChI is InChI=1S/C17H28N4O3S/c1-14-16(12-18-19(14)2)25(23,24)21-11-7-8-15(13-21)17(22)20-9-5-3-4-6-10-20/h12,15H,3-11,13H2,1-2H3/t15-/m1/s1. The summed E-state index contributed by atoms with van der Waals surface area (Å²) >= 11 is 0. The Labute approximate surface area is 150 Å². The van der Waals surface area contributed by atoms with Crippen LogP contribution in [0.4, 0.5) is 0 Å². The Morgan fingerprint density at radius 1 is 1.12 bits per heavy atom. The number of hydrogen-bond acceptors (Lipinski definition) is 4. The smallest absolute Gasteiger partial charge is 0.246 e. The lowest BCUT2D eigenvalue weighted by molar-refractivity contribution is -0.136. The first-order valence-corrected chi connectivity index (χ1v) is 10.6. The number of carbonyl (C=O) groups is 1. The van der Waals surface area contributed by atoms with E-state index in [4.69, 9.17) is 0 Å². The number of hydrogen-bond donors (Lipinski definition) is 0. The number of aromatic nitrogens is 2. The van der Waals surface area contributed by atoms with Gasteiger partial charge in [0.05, 0.1) is 17.8 Å². The van der Waals surface area contributed by atoms with Gasteiger partial charge in [-0.25, -0.2) is 8.42 Å². The van der Waals surface area contributed by atoms with Crippen molar-refractivity contribution in [3.63, 3.8) is 0 Å². The second kappa shape index (κ2) is 7.45. The third-order valence-corrected chi connectivity index (χ3v) is 7.43. The lowest BCUT2D eigenvalue weighted by Gasteiger charge is -2.34. The molecule has 2 aliphatic heterocycles. The van der Waals surface area contributed by atoms with E-state index in [0.717, 1.165) is 38.8 Å². The predicted octanol–water partition coefficient (Wildman–Crippen LogP) is 1.53. The van der Waals surface area contributed by atoms with Gasteiger partial charge in [-0.1, -0.05) is 12.8 Å². The average Bonchev–Trinajstić information content (AvgIpc) is 2.82. The molecule has 0 bridgehead atoms. The summed E-state index contributed by atoms with van der Waals surface area (Å²) in [5.41, 5.74) is 0.626. The minimum atomic E-state index is -3.60. The van der Waals surface area contributed by atoms with E-state index in [1.807, 2.05) is 4.90 Å². The molecule has 0 aromatic carbocycles. The van der Waals surface area contributed by atoms with Crippen LogP contribution in [0.15, 0.2) is 11.1 Å². The van der Waals surface area contributed by atoms with Crippen LogP contribution in [0.1, 0.15) is 44.2 Å². The van der Waals surface area contributed by atoms with Crippen LogP contribution in [-0.4, -0.2) is 59.5 Å². The zero-order chi connectivity index (χ0) is 18.0. The number of sulfonamides is 1.